The van der Waals surface area contributed by atoms with Crippen molar-refractivity contribution in [3.8, 4) is 11.5 Å². The van der Waals surface area contributed by atoms with E-state index < -0.39 is 0 Å². The fourth-order valence-electron chi connectivity index (χ4n) is 1.71. The zero-order valence-corrected chi connectivity index (χ0v) is 13.8. The van der Waals surface area contributed by atoms with E-state index in [-0.39, 0.29) is 11.9 Å². The van der Waals surface area contributed by atoms with E-state index in [1.54, 1.807) is 18.1 Å². The molecule has 1 aromatic carbocycles. The van der Waals surface area contributed by atoms with Gasteiger partial charge < -0.3 is 19.1 Å². The van der Waals surface area contributed by atoms with E-state index in [0.717, 1.165) is 5.56 Å². The summed E-state index contributed by atoms with van der Waals surface area (Å²) < 4.78 is 15.6. The Balaban J connectivity index is 2.92. The zero-order chi connectivity index (χ0) is 16.0. The van der Waals surface area contributed by atoms with Gasteiger partial charge in [-0.15, -0.1) is 0 Å². The van der Waals surface area contributed by atoms with Crippen molar-refractivity contribution in [1.29, 1.82) is 0 Å². The first kappa shape index (κ1) is 17.2. The van der Waals surface area contributed by atoms with Crippen LogP contribution in [-0.4, -0.2) is 44.4 Å². The normalized spacial score (nSPS) is 11.5. The van der Waals surface area contributed by atoms with Crippen molar-refractivity contribution >= 4 is 23.4 Å². The minimum atomic E-state index is -0.240. The van der Waals surface area contributed by atoms with Crippen LogP contribution in [0.5, 0.6) is 11.5 Å². The molecule has 1 unspecified atom stereocenters. The SMILES string of the molecule is COC(=O)CC(C)c1ccc(OC(=S)N(C)C)c(OC)c1. The molecule has 0 spiro atoms. The summed E-state index contributed by atoms with van der Waals surface area (Å²) in [5, 5.41) is 0.351. The molecule has 6 heteroatoms. The molecule has 0 aliphatic heterocycles. The Bertz CT molecular complexity index is 516. The lowest BCUT2D eigenvalue weighted by Crippen LogP contribution is -2.25. The lowest BCUT2D eigenvalue weighted by Gasteiger charge is -2.18. The molecule has 0 N–H and O–H groups in total. The van der Waals surface area contributed by atoms with Crippen molar-refractivity contribution in [1.82, 2.24) is 4.90 Å². The van der Waals surface area contributed by atoms with Crippen molar-refractivity contribution in [2.75, 3.05) is 28.3 Å². The van der Waals surface area contributed by atoms with Gasteiger partial charge in [-0.05, 0) is 35.8 Å². The number of methoxy groups -OCH3 is 2. The van der Waals surface area contributed by atoms with Gasteiger partial charge in [0.2, 0.25) is 0 Å². The minimum Gasteiger partial charge on any atom is -0.493 e. The topological polar surface area (TPSA) is 48.0 Å². The predicted molar refractivity (Wildman–Crippen MR) is 85.0 cm³/mol. The Morgan fingerprint density at radius 2 is 1.95 bits per heavy atom. The highest BCUT2D eigenvalue weighted by atomic mass is 32.1. The third-order valence-corrected chi connectivity index (χ3v) is 3.47. The first-order valence-electron chi connectivity index (χ1n) is 6.53. The van der Waals surface area contributed by atoms with Crippen LogP contribution >= 0.6 is 12.2 Å². The molecule has 116 valence electrons. The van der Waals surface area contributed by atoms with Crippen molar-refractivity contribution in [3.63, 3.8) is 0 Å². The third kappa shape index (κ3) is 4.90. The zero-order valence-electron chi connectivity index (χ0n) is 13.0. The van der Waals surface area contributed by atoms with Crippen LogP contribution in [0.4, 0.5) is 0 Å². The second-order valence-corrected chi connectivity index (χ2v) is 5.20. The van der Waals surface area contributed by atoms with Crippen molar-refractivity contribution in [3.05, 3.63) is 23.8 Å². The number of hydrogen-bond donors (Lipinski definition) is 0. The number of benzene rings is 1. The summed E-state index contributed by atoms with van der Waals surface area (Å²) in [6.07, 6.45) is 0.315. The van der Waals surface area contributed by atoms with Gasteiger partial charge in [0.15, 0.2) is 11.5 Å². The van der Waals surface area contributed by atoms with Crippen LogP contribution in [0.2, 0.25) is 0 Å². The van der Waals surface area contributed by atoms with Gasteiger partial charge in [-0.25, -0.2) is 0 Å². The van der Waals surface area contributed by atoms with E-state index in [4.69, 9.17) is 21.7 Å². The molecule has 0 amide bonds. The largest absolute Gasteiger partial charge is 0.493 e. The second-order valence-electron chi connectivity index (χ2n) is 4.85. The number of carbonyl (C=O) groups is 1. The molecule has 5 nitrogen and oxygen atoms in total. The minimum absolute atomic E-state index is 0.0289. The van der Waals surface area contributed by atoms with Crippen molar-refractivity contribution < 1.29 is 19.0 Å². The number of carbonyl (C=O) groups excluding carboxylic acids is 1. The molecule has 0 saturated carbocycles. The maximum atomic E-state index is 11.3. The molecule has 0 bridgehead atoms. The monoisotopic (exact) mass is 311 g/mol. The molecule has 0 heterocycles. The Kier molecular flexibility index (Phi) is 6.42. The highest BCUT2D eigenvalue weighted by Gasteiger charge is 2.15. The molecule has 0 saturated heterocycles. The van der Waals surface area contributed by atoms with E-state index in [9.17, 15) is 4.79 Å². The summed E-state index contributed by atoms with van der Waals surface area (Å²) in [5.74, 6) is 0.912. The van der Waals surface area contributed by atoms with E-state index in [0.29, 0.717) is 23.1 Å². The lowest BCUT2D eigenvalue weighted by atomic mass is 9.97. The molecule has 0 fully saturated rings. The number of nitrogens with zero attached hydrogens (tertiary/aromatic N) is 1. The van der Waals surface area contributed by atoms with Gasteiger partial charge >= 0.3 is 5.97 Å². The predicted octanol–water partition coefficient (Wildman–Crippen LogP) is 2.59. The molecular weight excluding hydrogens is 290 g/mol. The molecular formula is C15H21NO4S. The molecule has 0 aliphatic carbocycles. The van der Waals surface area contributed by atoms with E-state index in [1.807, 2.05) is 33.2 Å². The average molecular weight is 311 g/mol. The van der Waals surface area contributed by atoms with Crippen LogP contribution in [0.25, 0.3) is 0 Å². The molecule has 1 rings (SSSR count). The summed E-state index contributed by atoms with van der Waals surface area (Å²) in [7, 11) is 6.56. The molecule has 0 radical (unpaired) electrons. The molecule has 0 aromatic heterocycles. The fraction of sp³-hybridized carbons (Fsp3) is 0.467. The summed E-state index contributed by atoms with van der Waals surface area (Å²) in [6.45, 7) is 1.96. The highest BCUT2D eigenvalue weighted by Crippen LogP contribution is 2.32. The average Bonchev–Trinajstić information content (AvgIpc) is 2.46. The van der Waals surface area contributed by atoms with Gasteiger partial charge in [0.25, 0.3) is 5.17 Å². The molecule has 1 atom stereocenters. The first-order valence-corrected chi connectivity index (χ1v) is 6.93. The lowest BCUT2D eigenvalue weighted by molar-refractivity contribution is -0.140. The van der Waals surface area contributed by atoms with E-state index in [1.165, 1.54) is 7.11 Å². The molecule has 21 heavy (non-hydrogen) atoms. The van der Waals surface area contributed by atoms with Gasteiger partial charge in [0.1, 0.15) is 0 Å². The number of esters is 1. The van der Waals surface area contributed by atoms with Crippen molar-refractivity contribution in [2.24, 2.45) is 0 Å². The van der Waals surface area contributed by atoms with Crippen LogP contribution < -0.4 is 9.47 Å². The quantitative estimate of drug-likeness (QED) is 0.615. The molecule has 0 aliphatic rings. The van der Waals surface area contributed by atoms with Crippen LogP contribution in [0.1, 0.15) is 24.8 Å². The number of hydrogen-bond acceptors (Lipinski definition) is 5. The van der Waals surface area contributed by atoms with Crippen LogP contribution in [0.3, 0.4) is 0 Å². The van der Waals surface area contributed by atoms with Gasteiger partial charge in [0.05, 0.1) is 20.6 Å². The Morgan fingerprint density at radius 3 is 2.48 bits per heavy atom. The van der Waals surface area contributed by atoms with Gasteiger partial charge in [-0.1, -0.05) is 13.0 Å². The fourth-order valence-corrected chi connectivity index (χ4v) is 1.80. The summed E-state index contributed by atoms with van der Waals surface area (Å²) in [6, 6.07) is 5.53. The Morgan fingerprint density at radius 1 is 1.29 bits per heavy atom. The number of thiocarbonyl (C=S) groups is 1. The summed E-state index contributed by atoms with van der Waals surface area (Å²) >= 11 is 5.11. The maximum Gasteiger partial charge on any atom is 0.306 e. The van der Waals surface area contributed by atoms with E-state index in [2.05, 4.69) is 4.74 Å². The maximum absolute atomic E-state index is 11.3. The Labute approximate surface area is 130 Å². The smallest absolute Gasteiger partial charge is 0.306 e. The van der Waals surface area contributed by atoms with E-state index >= 15 is 0 Å². The van der Waals surface area contributed by atoms with Crippen molar-refractivity contribution in [2.45, 2.75) is 19.3 Å². The third-order valence-electron chi connectivity index (χ3n) is 3.02. The standard InChI is InChI=1S/C15H21NO4S/c1-10(8-14(17)19-5)11-6-7-12(13(9-11)18-4)20-15(21)16(2)3/h6-7,9-10H,8H2,1-5H3. The first-order chi connectivity index (χ1) is 9.88. The second kappa shape index (κ2) is 7.83. The Hall–Kier alpha value is -1.82. The van der Waals surface area contributed by atoms with Gasteiger partial charge in [-0.2, -0.15) is 0 Å². The summed E-state index contributed by atoms with van der Waals surface area (Å²) in [5.41, 5.74) is 0.973. The number of ether oxygens (including phenoxy) is 3. The summed E-state index contributed by atoms with van der Waals surface area (Å²) in [4.78, 5) is 13.0. The van der Waals surface area contributed by atoms with Crippen LogP contribution in [0.15, 0.2) is 18.2 Å². The van der Waals surface area contributed by atoms with Crippen LogP contribution in [0, 0.1) is 0 Å². The highest BCUT2D eigenvalue weighted by molar-refractivity contribution is 7.80. The van der Waals surface area contributed by atoms with Crippen LogP contribution in [-0.2, 0) is 9.53 Å². The number of rotatable bonds is 5. The van der Waals surface area contributed by atoms with Gasteiger partial charge in [0, 0.05) is 14.1 Å². The molecule has 1 aromatic rings. The van der Waals surface area contributed by atoms with Gasteiger partial charge in [-0.3, -0.25) is 4.79 Å².